The third kappa shape index (κ3) is 3.06. The van der Waals surface area contributed by atoms with Gasteiger partial charge >= 0.3 is 0 Å². The quantitative estimate of drug-likeness (QED) is 0.222. The number of hydrogen-bond acceptors (Lipinski definition) is 2. The molecule has 0 unspecified atom stereocenters. The van der Waals surface area contributed by atoms with Crippen molar-refractivity contribution in [2.24, 2.45) is 5.16 Å². The molecule has 0 saturated carbocycles. The Balaban J connectivity index is 3.61. The molecule has 0 N–H and O–H groups in total. The molecule has 0 bridgehead atoms. The van der Waals surface area contributed by atoms with E-state index < -0.39 is 0 Å². The Labute approximate surface area is 63.2 Å². The first kappa shape index (κ1) is 8.00. The minimum absolute atomic E-state index is 0.855. The smallest absolute Gasteiger partial charge is 0.149 e. The normalized spacial score (nSPS) is 11.2. The van der Waals surface area contributed by atoms with E-state index in [1.807, 2.05) is 17.1 Å². The molecule has 3 nitrogen and oxygen atoms in total. The maximum absolute atomic E-state index is 4.51. The van der Waals surface area contributed by atoms with Gasteiger partial charge in [0.2, 0.25) is 0 Å². The summed E-state index contributed by atoms with van der Waals surface area (Å²) in [4.78, 5) is 4.51. The SMILES string of the molecule is CO/N=C(\C)N(C)I. The van der Waals surface area contributed by atoms with Crippen molar-refractivity contribution in [2.75, 3.05) is 14.2 Å². The lowest BCUT2D eigenvalue weighted by atomic mass is 10.7. The molecule has 0 heterocycles. The Hall–Kier alpha value is 0. The van der Waals surface area contributed by atoms with Crippen LogP contribution in [0.15, 0.2) is 5.16 Å². The highest BCUT2D eigenvalue weighted by Crippen LogP contribution is 1.94. The zero-order valence-corrected chi connectivity index (χ0v) is 7.34. The molecule has 0 fully saturated rings. The van der Waals surface area contributed by atoms with Gasteiger partial charge in [-0.3, -0.25) is 0 Å². The van der Waals surface area contributed by atoms with E-state index in [-0.39, 0.29) is 0 Å². The zero-order valence-electron chi connectivity index (χ0n) is 5.18. The molecule has 0 aliphatic heterocycles. The summed E-state index contributed by atoms with van der Waals surface area (Å²) in [7, 11) is 3.43. The minimum atomic E-state index is 0.855. The Morgan fingerprint density at radius 1 is 1.75 bits per heavy atom. The average molecular weight is 228 g/mol. The minimum Gasteiger partial charge on any atom is -0.398 e. The fourth-order valence-corrected chi connectivity index (χ4v) is 0.276. The van der Waals surface area contributed by atoms with Crippen molar-refractivity contribution >= 4 is 28.7 Å². The van der Waals surface area contributed by atoms with Crippen molar-refractivity contribution in [1.29, 1.82) is 0 Å². The number of amidine groups is 1. The molecule has 0 spiro atoms. The van der Waals surface area contributed by atoms with Crippen molar-refractivity contribution in [3.05, 3.63) is 0 Å². The lowest BCUT2D eigenvalue weighted by Crippen LogP contribution is -2.11. The second kappa shape index (κ2) is 3.94. The van der Waals surface area contributed by atoms with E-state index in [2.05, 4.69) is 32.9 Å². The van der Waals surface area contributed by atoms with E-state index in [1.54, 1.807) is 0 Å². The summed E-state index contributed by atoms with van der Waals surface area (Å²) in [6, 6.07) is 0. The Kier molecular flexibility index (Phi) is 3.94. The van der Waals surface area contributed by atoms with E-state index in [0.717, 1.165) is 5.84 Å². The lowest BCUT2D eigenvalue weighted by molar-refractivity contribution is 0.210. The molecule has 0 amide bonds. The van der Waals surface area contributed by atoms with Crippen LogP contribution < -0.4 is 0 Å². The van der Waals surface area contributed by atoms with Crippen LogP contribution in [-0.2, 0) is 4.84 Å². The standard InChI is InChI=1S/C4H9IN2O/c1-4(6-8-3)7(2)5/h1-3H3/b6-4+. The molecule has 0 saturated heterocycles. The summed E-state index contributed by atoms with van der Waals surface area (Å²) in [6.45, 7) is 1.87. The van der Waals surface area contributed by atoms with E-state index >= 15 is 0 Å². The number of rotatable bonds is 1. The largest absolute Gasteiger partial charge is 0.398 e. The zero-order chi connectivity index (χ0) is 6.57. The monoisotopic (exact) mass is 228 g/mol. The number of halogens is 1. The highest BCUT2D eigenvalue weighted by molar-refractivity contribution is 14.1. The fourth-order valence-electron chi connectivity index (χ4n) is 0.188. The first-order chi connectivity index (χ1) is 3.68. The second-order valence-corrected chi connectivity index (χ2v) is 2.75. The van der Waals surface area contributed by atoms with Crippen LogP contribution in [0.3, 0.4) is 0 Å². The second-order valence-electron chi connectivity index (χ2n) is 1.30. The molecule has 0 rings (SSSR count). The van der Waals surface area contributed by atoms with Crippen LogP contribution in [0, 0.1) is 0 Å². The highest BCUT2D eigenvalue weighted by atomic mass is 127. The summed E-state index contributed by atoms with van der Waals surface area (Å²) < 4.78 is 1.85. The Morgan fingerprint density at radius 3 is 2.38 bits per heavy atom. The molecule has 4 heteroatoms. The van der Waals surface area contributed by atoms with Crippen molar-refractivity contribution in [3.63, 3.8) is 0 Å². The summed E-state index contributed by atoms with van der Waals surface area (Å²) in [5, 5.41) is 3.66. The molecule has 0 aliphatic rings. The molecular weight excluding hydrogens is 219 g/mol. The van der Waals surface area contributed by atoms with Crippen molar-refractivity contribution < 1.29 is 4.84 Å². The Bertz CT molecular complexity index is 92.0. The molecule has 0 aromatic heterocycles. The van der Waals surface area contributed by atoms with Crippen LogP contribution in [0.4, 0.5) is 0 Å². The molecule has 8 heavy (non-hydrogen) atoms. The van der Waals surface area contributed by atoms with Gasteiger partial charge in [-0.25, -0.2) is 0 Å². The molecular formula is C4H9IN2O. The van der Waals surface area contributed by atoms with Crippen molar-refractivity contribution in [1.82, 2.24) is 3.11 Å². The van der Waals surface area contributed by atoms with Gasteiger partial charge in [0.1, 0.15) is 12.9 Å². The van der Waals surface area contributed by atoms with Crippen LogP contribution in [-0.4, -0.2) is 23.1 Å². The van der Waals surface area contributed by atoms with Gasteiger partial charge in [-0.2, -0.15) is 0 Å². The fraction of sp³-hybridized carbons (Fsp3) is 0.750. The maximum atomic E-state index is 4.51. The van der Waals surface area contributed by atoms with Gasteiger partial charge in [-0.1, -0.05) is 5.16 Å². The molecule has 0 aliphatic carbocycles. The highest BCUT2D eigenvalue weighted by Gasteiger charge is 1.91. The number of hydrogen-bond donors (Lipinski definition) is 0. The summed E-state index contributed by atoms with van der Waals surface area (Å²) >= 11 is 2.11. The van der Waals surface area contributed by atoms with Gasteiger partial charge in [0.15, 0.2) is 0 Å². The van der Waals surface area contributed by atoms with Gasteiger partial charge in [0.05, 0.1) is 22.9 Å². The van der Waals surface area contributed by atoms with E-state index in [4.69, 9.17) is 0 Å². The van der Waals surface area contributed by atoms with Crippen LogP contribution in [0.5, 0.6) is 0 Å². The maximum Gasteiger partial charge on any atom is 0.149 e. The van der Waals surface area contributed by atoms with Crippen LogP contribution in [0.25, 0.3) is 0 Å². The number of oxime groups is 1. The van der Waals surface area contributed by atoms with Crippen LogP contribution >= 0.6 is 22.9 Å². The predicted molar refractivity (Wildman–Crippen MR) is 41.9 cm³/mol. The van der Waals surface area contributed by atoms with Crippen molar-refractivity contribution in [3.8, 4) is 0 Å². The number of nitrogens with zero attached hydrogens (tertiary/aromatic N) is 2. The van der Waals surface area contributed by atoms with E-state index in [1.165, 1.54) is 7.11 Å². The van der Waals surface area contributed by atoms with Crippen LogP contribution in [0.1, 0.15) is 6.92 Å². The lowest BCUT2D eigenvalue weighted by Gasteiger charge is -2.05. The molecule has 48 valence electrons. The van der Waals surface area contributed by atoms with E-state index in [9.17, 15) is 0 Å². The van der Waals surface area contributed by atoms with Gasteiger partial charge in [-0.15, -0.1) is 0 Å². The van der Waals surface area contributed by atoms with E-state index in [0.29, 0.717) is 0 Å². The Morgan fingerprint density at radius 2 is 2.25 bits per heavy atom. The third-order valence-electron chi connectivity index (χ3n) is 0.669. The first-order valence-corrected chi connectivity index (χ1v) is 3.12. The summed E-state index contributed by atoms with van der Waals surface area (Å²) in [5.74, 6) is 0.855. The predicted octanol–water partition coefficient (Wildman–Crippen LogP) is 1.25. The molecule has 0 aromatic rings. The first-order valence-electron chi connectivity index (χ1n) is 2.15. The molecule has 0 aromatic carbocycles. The van der Waals surface area contributed by atoms with Gasteiger partial charge in [0, 0.05) is 7.05 Å². The molecule has 0 radical (unpaired) electrons. The van der Waals surface area contributed by atoms with Gasteiger partial charge in [0.25, 0.3) is 0 Å². The van der Waals surface area contributed by atoms with Crippen molar-refractivity contribution in [2.45, 2.75) is 6.92 Å². The summed E-state index contributed by atoms with van der Waals surface area (Å²) in [6.07, 6.45) is 0. The third-order valence-corrected chi connectivity index (χ3v) is 1.37. The molecule has 0 atom stereocenters. The summed E-state index contributed by atoms with van der Waals surface area (Å²) in [5.41, 5.74) is 0. The van der Waals surface area contributed by atoms with Gasteiger partial charge in [-0.05, 0) is 6.92 Å². The van der Waals surface area contributed by atoms with Gasteiger partial charge < -0.3 is 7.95 Å². The van der Waals surface area contributed by atoms with Crippen LogP contribution in [0.2, 0.25) is 0 Å². The topological polar surface area (TPSA) is 24.8 Å². The average Bonchev–Trinajstić information content (AvgIpc) is 1.67.